The molecule has 0 amide bonds. The summed E-state index contributed by atoms with van der Waals surface area (Å²) >= 11 is 0. The molecule has 0 N–H and O–H groups in total. The minimum absolute atomic E-state index is 0.366. The Balaban J connectivity index is 4.08. The first kappa shape index (κ1) is 11.9. The van der Waals surface area contributed by atoms with Crippen LogP contribution in [-0.4, -0.2) is 19.4 Å². The number of rotatable bonds is 6. The van der Waals surface area contributed by atoms with Crippen molar-refractivity contribution >= 4 is 7.60 Å². The topological polar surface area (TPSA) is 35.5 Å². The zero-order valence-electron chi connectivity index (χ0n) is 7.95. The van der Waals surface area contributed by atoms with E-state index in [-0.39, 0.29) is 0 Å². The van der Waals surface area contributed by atoms with E-state index in [1.165, 1.54) is 0 Å². The van der Waals surface area contributed by atoms with Gasteiger partial charge in [-0.05, 0) is 20.8 Å². The molecule has 0 fully saturated rings. The molecule has 0 aromatic heterocycles. The Morgan fingerprint density at radius 3 is 2.08 bits per heavy atom. The predicted octanol–water partition coefficient (Wildman–Crippen LogP) is 2.83. The minimum atomic E-state index is -2.82. The monoisotopic (exact) mass is 192 g/mol. The fourth-order valence-corrected chi connectivity index (χ4v) is 2.31. The van der Waals surface area contributed by atoms with Gasteiger partial charge in [-0.2, -0.15) is 0 Å². The van der Waals surface area contributed by atoms with Gasteiger partial charge in [0.05, 0.1) is 19.4 Å². The molecule has 0 unspecified atom stereocenters. The van der Waals surface area contributed by atoms with Crippen molar-refractivity contribution in [2.75, 3.05) is 19.4 Å². The van der Waals surface area contributed by atoms with Crippen molar-refractivity contribution in [2.45, 2.75) is 20.8 Å². The number of hydrogen-bond donors (Lipinski definition) is 0. The van der Waals surface area contributed by atoms with Gasteiger partial charge >= 0.3 is 7.60 Å². The van der Waals surface area contributed by atoms with Crippen molar-refractivity contribution in [1.82, 2.24) is 0 Å². The molecular weight excluding hydrogens is 175 g/mol. The van der Waals surface area contributed by atoms with Gasteiger partial charge in [-0.1, -0.05) is 12.2 Å². The van der Waals surface area contributed by atoms with Crippen LogP contribution in [0.15, 0.2) is 12.2 Å². The second-order valence-corrected chi connectivity index (χ2v) is 4.30. The second kappa shape index (κ2) is 6.41. The van der Waals surface area contributed by atoms with Gasteiger partial charge in [-0.25, -0.2) is 0 Å². The summed E-state index contributed by atoms with van der Waals surface area (Å²) in [6.07, 6.45) is 4.00. The Bertz CT molecular complexity index is 167. The van der Waals surface area contributed by atoms with E-state index >= 15 is 0 Å². The minimum Gasteiger partial charge on any atom is -0.309 e. The number of hydrogen-bond acceptors (Lipinski definition) is 3. The highest BCUT2D eigenvalue weighted by Gasteiger charge is 2.20. The quantitative estimate of drug-likeness (QED) is 0.479. The molecule has 0 atom stereocenters. The summed E-state index contributed by atoms with van der Waals surface area (Å²) in [5, 5.41) is 0. The molecule has 72 valence electrons. The van der Waals surface area contributed by atoms with E-state index in [0.717, 1.165) is 0 Å². The van der Waals surface area contributed by atoms with Crippen LogP contribution in [-0.2, 0) is 13.6 Å². The van der Waals surface area contributed by atoms with Crippen molar-refractivity contribution < 1.29 is 13.6 Å². The predicted molar refractivity (Wildman–Crippen MR) is 50.5 cm³/mol. The van der Waals surface area contributed by atoms with Crippen LogP contribution in [0.4, 0.5) is 0 Å². The molecule has 0 aliphatic rings. The maximum atomic E-state index is 11.7. The largest absolute Gasteiger partial charge is 0.334 e. The summed E-state index contributed by atoms with van der Waals surface area (Å²) in [7, 11) is -2.82. The molecule has 0 aliphatic carbocycles. The summed E-state index contributed by atoms with van der Waals surface area (Å²) in [6.45, 7) is 6.34. The Morgan fingerprint density at radius 1 is 1.25 bits per heavy atom. The van der Waals surface area contributed by atoms with Crippen molar-refractivity contribution in [3.8, 4) is 0 Å². The first-order valence-electron chi connectivity index (χ1n) is 4.17. The van der Waals surface area contributed by atoms with E-state index < -0.39 is 7.60 Å². The average molecular weight is 192 g/mol. The summed E-state index contributed by atoms with van der Waals surface area (Å²) in [6, 6.07) is 0. The summed E-state index contributed by atoms with van der Waals surface area (Å²) < 4.78 is 21.8. The van der Waals surface area contributed by atoms with Crippen LogP contribution >= 0.6 is 7.60 Å². The lowest BCUT2D eigenvalue weighted by Crippen LogP contribution is -1.98. The maximum absolute atomic E-state index is 11.7. The van der Waals surface area contributed by atoms with Crippen LogP contribution in [0.3, 0.4) is 0 Å². The van der Waals surface area contributed by atoms with Crippen LogP contribution in [0.5, 0.6) is 0 Å². The average Bonchev–Trinajstić information content (AvgIpc) is 2.02. The zero-order valence-corrected chi connectivity index (χ0v) is 8.84. The lowest BCUT2D eigenvalue weighted by Gasteiger charge is -2.14. The van der Waals surface area contributed by atoms with Gasteiger partial charge in [0.15, 0.2) is 0 Å². The van der Waals surface area contributed by atoms with E-state index in [4.69, 9.17) is 9.05 Å². The molecule has 0 aliphatic heterocycles. The summed E-state index contributed by atoms with van der Waals surface area (Å²) in [5.74, 6) is 0. The summed E-state index contributed by atoms with van der Waals surface area (Å²) in [4.78, 5) is 0. The molecule has 4 heteroatoms. The van der Waals surface area contributed by atoms with E-state index in [2.05, 4.69) is 0 Å². The van der Waals surface area contributed by atoms with Gasteiger partial charge in [-0.3, -0.25) is 4.57 Å². The normalized spacial score (nSPS) is 12.6. The SMILES string of the molecule is C/C=C/CP(=O)(OCC)OCC. The molecule has 0 spiro atoms. The molecule has 0 radical (unpaired) electrons. The van der Waals surface area contributed by atoms with Crippen LogP contribution < -0.4 is 0 Å². The Labute approximate surface area is 74.3 Å². The molecule has 0 aromatic carbocycles. The molecule has 0 aromatic rings. The molecule has 0 rings (SSSR count). The van der Waals surface area contributed by atoms with Crippen LogP contribution in [0.25, 0.3) is 0 Å². The van der Waals surface area contributed by atoms with Crippen molar-refractivity contribution in [3.63, 3.8) is 0 Å². The van der Waals surface area contributed by atoms with Crippen molar-refractivity contribution in [1.29, 1.82) is 0 Å². The van der Waals surface area contributed by atoms with Crippen LogP contribution in [0.2, 0.25) is 0 Å². The van der Waals surface area contributed by atoms with Crippen molar-refractivity contribution in [2.24, 2.45) is 0 Å². The zero-order chi connectivity index (χ0) is 9.45. The fourth-order valence-electron chi connectivity index (χ4n) is 0.771. The van der Waals surface area contributed by atoms with Crippen molar-refractivity contribution in [3.05, 3.63) is 12.2 Å². The van der Waals surface area contributed by atoms with Crippen LogP contribution in [0, 0.1) is 0 Å². The third-order valence-electron chi connectivity index (χ3n) is 1.22. The first-order chi connectivity index (χ1) is 5.68. The third kappa shape index (κ3) is 4.70. The highest BCUT2D eigenvalue weighted by Crippen LogP contribution is 2.47. The molecular formula is C8H17O3P. The lowest BCUT2D eigenvalue weighted by atomic mass is 10.6. The highest BCUT2D eigenvalue weighted by molar-refractivity contribution is 7.54. The molecule has 0 heterocycles. The van der Waals surface area contributed by atoms with E-state index in [1.54, 1.807) is 19.9 Å². The van der Waals surface area contributed by atoms with E-state index in [9.17, 15) is 4.57 Å². The lowest BCUT2D eigenvalue weighted by molar-refractivity contribution is 0.222. The summed E-state index contributed by atoms with van der Waals surface area (Å²) in [5.41, 5.74) is 0. The molecule has 0 saturated heterocycles. The van der Waals surface area contributed by atoms with Gasteiger partial charge in [0, 0.05) is 0 Å². The Hall–Kier alpha value is -0.110. The smallest absolute Gasteiger partial charge is 0.309 e. The van der Waals surface area contributed by atoms with Gasteiger partial charge in [0.2, 0.25) is 0 Å². The van der Waals surface area contributed by atoms with Gasteiger partial charge in [0.25, 0.3) is 0 Å². The molecule has 0 bridgehead atoms. The molecule has 12 heavy (non-hydrogen) atoms. The molecule has 3 nitrogen and oxygen atoms in total. The number of allylic oxidation sites excluding steroid dienone is 2. The first-order valence-corrected chi connectivity index (χ1v) is 5.90. The van der Waals surface area contributed by atoms with E-state index in [1.807, 2.05) is 13.0 Å². The standard InChI is InChI=1S/C8H17O3P/c1-4-7-8-12(9,10-5-2)11-6-3/h4,7H,5-6,8H2,1-3H3/b7-4+. The highest BCUT2D eigenvalue weighted by atomic mass is 31.2. The maximum Gasteiger partial charge on any atom is 0.334 e. The fraction of sp³-hybridized carbons (Fsp3) is 0.750. The van der Waals surface area contributed by atoms with Gasteiger partial charge in [-0.15, -0.1) is 0 Å². The van der Waals surface area contributed by atoms with E-state index in [0.29, 0.717) is 19.4 Å². The van der Waals surface area contributed by atoms with Crippen LogP contribution in [0.1, 0.15) is 20.8 Å². The Kier molecular flexibility index (Phi) is 6.35. The molecule has 0 saturated carbocycles. The Morgan fingerprint density at radius 2 is 1.75 bits per heavy atom. The second-order valence-electron chi connectivity index (χ2n) is 2.20. The van der Waals surface area contributed by atoms with Gasteiger partial charge < -0.3 is 9.05 Å². The third-order valence-corrected chi connectivity index (χ3v) is 3.18. The van der Waals surface area contributed by atoms with Gasteiger partial charge in [0.1, 0.15) is 0 Å².